The highest BCUT2D eigenvalue weighted by Gasteiger charge is 2.41. The maximum Gasteiger partial charge on any atom is 0.318 e. The number of anilines is 6. The summed E-state index contributed by atoms with van der Waals surface area (Å²) in [6, 6.07) is 48.9. The van der Waals surface area contributed by atoms with Crippen molar-refractivity contribution >= 4 is 125 Å². The Kier molecular flexibility index (Phi) is 31.7. The van der Waals surface area contributed by atoms with Crippen molar-refractivity contribution < 1.29 is 28.6 Å². The maximum atomic E-state index is 12.2. The van der Waals surface area contributed by atoms with Crippen LogP contribution in [0.2, 0.25) is 0 Å². The number of rotatable bonds is 23. The summed E-state index contributed by atoms with van der Waals surface area (Å²) in [5.74, 6) is 1.15. The summed E-state index contributed by atoms with van der Waals surface area (Å²) in [5.41, 5.74) is 16.5. The van der Waals surface area contributed by atoms with Crippen LogP contribution >= 0.6 is 40.5 Å². The van der Waals surface area contributed by atoms with E-state index in [4.69, 9.17) is 57.3 Å². The molecule has 8 aliphatic heterocycles. The van der Waals surface area contributed by atoms with Crippen LogP contribution in [0.4, 0.5) is 34.4 Å². The number of fused-ring (bicyclic) bond motifs is 6. The third kappa shape index (κ3) is 21.2. The number of carbonyl (C=O) groups excluding carboxylic acids is 3. The van der Waals surface area contributed by atoms with Gasteiger partial charge in [0.05, 0.1) is 60.3 Å². The Balaban J connectivity index is 0.000000162. The summed E-state index contributed by atoms with van der Waals surface area (Å²) in [6.07, 6.45) is 13.9. The van der Waals surface area contributed by atoms with Crippen molar-refractivity contribution in [3.8, 4) is 29.3 Å². The number of benzene rings is 7. The number of nitrogens with one attached hydrogen (secondary N) is 3. The van der Waals surface area contributed by atoms with Crippen LogP contribution in [0, 0.1) is 45.8 Å². The molecule has 3 amide bonds. The molecule has 8 aliphatic rings. The number of likely N-dealkylation sites (tertiary alicyclic amines) is 3. The minimum absolute atomic E-state index is 0. The molecule has 0 aliphatic carbocycles. The van der Waals surface area contributed by atoms with Gasteiger partial charge in [-0.2, -0.15) is 70.4 Å². The van der Waals surface area contributed by atoms with E-state index in [9.17, 15) is 14.4 Å². The minimum Gasteiger partial charge on any atom is -0.462 e. The highest BCUT2D eigenvalue weighted by molar-refractivity contribution is 7.59. The number of aromatic nitrogens is 6. The average molecular weight is 1780 g/mol. The fourth-order valence-electron chi connectivity index (χ4n) is 19.8. The zero-order chi connectivity index (χ0) is 86.8. The lowest BCUT2D eigenvalue weighted by Crippen LogP contribution is -2.52. The summed E-state index contributed by atoms with van der Waals surface area (Å²) in [6.45, 7) is 45.2. The van der Waals surface area contributed by atoms with Gasteiger partial charge in [-0.25, -0.2) is 13.1 Å². The van der Waals surface area contributed by atoms with Crippen molar-refractivity contribution in [2.24, 2.45) is 11.8 Å². The Hall–Kier alpha value is -11.5. The number of piperidine rings is 1. The number of nitrogens with zero attached hydrogens (tertiary/aromatic N) is 16. The summed E-state index contributed by atoms with van der Waals surface area (Å²) in [4.78, 5) is 92.2. The van der Waals surface area contributed by atoms with E-state index in [0.717, 1.165) is 153 Å². The molecular formula is C100H121N19O6S3. The van der Waals surface area contributed by atoms with Crippen molar-refractivity contribution in [1.29, 1.82) is 0 Å². The first kappa shape index (κ1) is 94.1. The van der Waals surface area contributed by atoms with Crippen molar-refractivity contribution in [1.82, 2.24) is 55.2 Å². The van der Waals surface area contributed by atoms with E-state index in [1.165, 1.54) is 104 Å². The van der Waals surface area contributed by atoms with E-state index in [0.29, 0.717) is 108 Å². The lowest BCUT2D eigenvalue weighted by Gasteiger charge is -2.39. The Morgan fingerprint density at radius 2 is 0.805 bits per heavy atom. The molecule has 18 rings (SSSR count). The zero-order valence-corrected chi connectivity index (χ0v) is 77.5. The van der Waals surface area contributed by atoms with Gasteiger partial charge in [-0.15, -0.1) is 0 Å². The number of amides is 3. The molecule has 5 fully saturated rings. The highest BCUT2D eigenvalue weighted by atomic mass is 32.1. The van der Waals surface area contributed by atoms with Gasteiger partial charge in [-0.1, -0.05) is 123 Å². The van der Waals surface area contributed by atoms with Crippen molar-refractivity contribution in [2.45, 2.75) is 135 Å². The number of hydrogen-bond donors (Lipinski definition) is 3. The largest absolute Gasteiger partial charge is 0.462 e. The zero-order valence-electron chi connectivity index (χ0n) is 74.5. The molecule has 3 N–H and O–H groups in total. The summed E-state index contributed by atoms with van der Waals surface area (Å²) >= 11 is 0. The summed E-state index contributed by atoms with van der Waals surface area (Å²) in [5, 5.41) is 16.5. The highest BCUT2D eigenvalue weighted by Crippen LogP contribution is 2.42. The molecule has 5 saturated heterocycles. The molecule has 2 unspecified atom stereocenters. The van der Waals surface area contributed by atoms with Gasteiger partial charge in [0.2, 0.25) is 30.8 Å². The molecule has 7 aromatic carbocycles. The minimum atomic E-state index is -0.233. The van der Waals surface area contributed by atoms with Gasteiger partial charge in [0.1, 0.15) is 31.5 Å². The second-order valence-corrected chi connectivity index (χ2v) is 34.7. The Morgan fingerprint density at radius 3 is 1.21 bits per heavy atom. The molecular weight excluding hydrogens is 1660 g/mol. The predicted molar refractivity (Wildman–Crippen MR) is 528 cm³/mol. The number of carbonyl (C=O) groups is 3. The van der Waals surface area contributed by atoms with Gasteiger partial charge < -0.3 is 79.1 Å². The van der Waals surface area contributed by atoms with E-state index in [2.05, 4.69) is 236 Å². The second kappa shape index (κ2) is 43.1. The topological polar surface area (TPSA) is 227 Å². The Labute approximate surface area is 773 Å². The molecule has 0 spiro atoms. The average Bonchev–Trinajstić information content (AvgIpc) is 1.24. The molecule has 3 aromatic heterocycles. The standard InChI is InChI=1S/C34H41N7O2.C33H39N7O2.C33H35N5O2.3H2S/c1-5-31(42)36-28-15-18-41(20-25(28)19-35-3)33-27-14-17-40(30-13-7-11-24-10-6-9-23(2)32(24)30)21-29(27)37-34(38-33)43-22-26-12-8-16-39(26)4;1-5-30(41)35-27-19-40(18-24(27)17-34-3)32-26-14-16-39(29-13-7-11-23-10-6-9-22(2)31(23)29)20-28(26)36-33(37-32)42-21-25-12-8-15-38(25)4;1-4-30(39)34-25-15-13-24(14-16-25)32-27-17-19-38(29-12-6-10-23-9-5-8-22(2)31(23)29)20-28(27)35-33(36-32)40-21-26-11-7-18-37(26)3;;;/h5-7,9-11,13,25-26,28H,1,8,12,14-22H2,2,4H3,(H,36,42);5-7,9-11,13,24-25,27H,1,8,12,14-21H2,2,4H3,(H,35,41);4-6,8-10,12-16,26H,1,7,11,17-21H2,2-3H3,(H,34,39);3*1H2/t25-,26-,28?;24-,25-,27?;26-;;;/m000.../s1. The van der Waals surface area contributed by atoms with Gasteiger partial charge >= 0.3 is 18.0 Å². The number of hydrogen-bond acceptors (Lipinski definition) is 20. The maximum absolute atomic E-state index is 12.2. The van der Waals surface area contributed by atoms with Crippen molar-refractivity contribution in [3.05, 3.63) is 245 Å². The number of aryl methyl sites for hydroxylation is 3. The Morgan fingerprint density at radius 1 is 0.430 bits per heavy atom. The van der Waals surface area contributed by atoms with Crippen LogP contribution in [-0.4, -0.2) is 212 Å². The van der Waals surface area contributed by atoms with Gasteiger partial charge in [0.25, 0.3) is 0 Å². The molecule has 25 nitrogen and oxygen atoms in total. The van der Waals surface area contributed by atoms with E-state index >= 15 is 0 Å². The first-order valence-corrected chi connectivity index (χ1v) is 44.3. The predicted octanol–water partition coefficient (Wildman–Crippen LogP) is 14.5. The Bertz CT molecular complexity index is 5760. The normalized spacial score (nSPS) is 20.1. The molecule has 10 aromatic rings. The molecule has 0 saturated carbocycles. The number of ether oxygens (including phenoxy) is 3. The van der Waals surface area contributed by atoms with Crippen LogP contribution < -0.4 is 54.7 Å². The first-order valence-electron chi connectivity index (χ1n) is 44.3. The van der Waals surface area contributed by atoms with E-state index in [1.807, 2.05) is 24.3 Å². The third-order valence-electron chi connectivity index (χ3n) is 26.7. The molecule has 11 heterocycles. The third-order valence-corrected chi connectivity index (χ3v) is 26.7. The van der Waals surface area contributed by atoms with Crippen molar-refractivity contribution in [3.63, 3.8) is 0 Å². The fourth-order valence-corrected chi connectivity index (χ4v) is 19.8. The number of likely N-dealkylation sites (N-methyl/N-ethyl adjacent to an activating group) is 3. The molecule has 670 valence electrons. The van der Waals surface area contributed by atoms with Gasteiger partial charge in [-0.05, 0) is 207 Å². The van der Waals surface area contributed by atoms with Crippen LogP contribution in [0.15, 0.2) is 171 Å². The van der Waals surface area contributed by atoms with Crippen molar-refractivity contribution in [2.75, 3.05) is 149 Å². The quantitative estimate of drug-likeness (QED) is 0.0399. The summed E-state index contributed by atoms with van der Waals surface area (Å²) < 4.78 is 18.9. The molecule has 128 heavy (non-hydrogen) atoms. The lowest BCUT2D eigenvalue weighted by molar-refractivity contribution is -0.118. The molecule has 7 atom stereocenters. The molecule has 0 radical (unpaired) electrons. The van der Waals surface area contributed by atoms with Crippen LogP contribution in [0.25, 0.3) is 53.3 Å². The summed E-state index contributed by atoms with van der Waals surface area (Å²) in [7, 11) is 6.44. The van der Waals surface area contributed by atoms with Gasteiger partial charge in [-0.3, -0.25) is 14.4 Å². The second-order valence-electron chi connectivity index (χ2n) is 34.7. The van der Waals surface area contributed by atoms with Crippen LogP contribution in [0.1, 0.15) is 95.4 Å². The van der Waals surface area contributed by atoms with Crippen LogP contribution in [0.5, 0.6) is 18.0 Å². The van der Waals surface area contributed by atoms with Crippen LogP contribution in [-0.2, 0) is 53.3 Å². The first-order chi connectivity index (χ1) is 60.9. The smallest absolute Gasteiger partial charge is 0.318 e. The van der Waals surface area contributed by atoms with E-state index < -0.39 is 0 Å². The lowest BCUT2D eigenvalue weighted by atomic mass is 9.91. The van der Waals surface area contributed by atoms with Gasteiger partial charge in [0, 0.05) is 131 Å². The molecule has 0 bridgehead atoms. The van der Waals surface area contributed by atoms with Gasteiger partial charge in [0.15, 0.2) is 0 Å². The van der Waals surface area contributed by atoms with Crippen LogP contribution in [0.3, 0.4) is 0 Å². The van der Waals surface area contributed by atoms with E-state index in [-0.39, 0.29) is 82.1 Å². The monoisotopic (exact) mass is 1780 g/mol. The fraction of sp³-hybridized carbons (Fsp3) is 0.410. The van der Waals surface area contributed by atoms with E-state index in [1.54, 1.807) is 0 Å². The SMILES string of the molecule is C=CC(=O)Nc1ccc(-c2nc(OC[C@@H]3CCCN3C)nc3c2CCN(c2cccc4cccc(C)c24)C3)cc1.S.S.S.[C-]#[N+]C[C@H]1CN(c2nc(OC[C@@H]3CCCN3C)nc3c2CCN(c2cccc4cccc(C)c24)C3)CC1NC(=O)C=C.[C-]#[N+]C[C@H]1CN(c2nc(OC[C@@H]3CCCN3C)nc3c2CCN(c2cccc4cccc(C)c24)C3)CCC1NC(=O)C=C. The molecule has 28 heteroatoms.